The maximum Gasteiger partial charge on any atom is 0.336 e. The molecule has 3 aromatic rings. The Morgan fingerprint density at radius 1 is 1.30 bits per heavy atom. The largest absolute Gasteiger partial charge is 0.478 e. The van der Waals surface area contributed by atoms with Gasteiger partial charge in [-0.1, -0.05) is 0 Å². The van der Waals surface area contributed by atoms with Crippen molar-refractivity contribution in [3.05, 3.63) is 36.3 Å². The Labute approximate surface area is 115 Å². The minimum absolute atomic E-state index is 0.161. The molecule has 0 radical (unpaired) electrons. The first kappa shape index (κ1) is 12.4. The van der Waals surface area contributed by atoms with Gasteiger partial charge in [-0.2, -0.15) is 10.2 Å². The number of rotatable bonds is 3. The number of nitrogens with zero attached hydrogens (tertiary/aromatic N) is 3. The molecular formula is C14H14N4O2. The number of carbonyl (C=O) groups is 1. The lowest BCUT2D eigenvalue weighted by molar-refractivity contribution is 0.0699. The molecule has 0 aliphatic heterocycles. The molecule has 0 fully saturated rings. The van der Waals surface area contributed by atoms with Crippen LogP contribution in [0.1, 0.15) is 30.2 Å². The van der Waals surface area contributed by atoms with Crippen molar-refractivity contribution in [1.29, 1.82) is 0 Å². The summed E-state index contributed by atoms with van der Waals surface area (Å²) in [5.41, 5.74) is 2.73. The lowest BCUT2D eigenvalue weighted by Gasteiger charge is -2.09. The molecule has 2 aromatic heterocycles. The van der Waals surface area contributed by atoms with Crippen molar-refractivity contribution in [2.75, 3.05) is 0 Å². The van der Waals surface area contributed by atoms with Gasteiger partial charge in [-0.3, -0.25) is 9.78 Å². The number of carboxylic acid groups (broad SMARTS) is 1. The topological polar surface area (TPSA) is 83.8 Å². The van der Waals surface area contributed by atoms with Gasteiger partial charge >= 0.3 is 5.97 Å². The van der Waals surface area contributed by atoms with Gasteiger partial charge in [-0.05, 0) is 31.5 Å². The Kier molecular flexibility index (Phi) is 2.78. The van der Waals surface area contributed by atoms with Crippen LogP contribution < -0.4 is 0 Å². The van der Waals surface area contributed by atoms with Crippen LogP contribution in [0, 0.1) is 0 Å². The number of hydrogen-bond acceptors (Lipinski definition) is 3. The molecule has 0 amide bonds. The minimum Gasteiger partial charge on any atom is -0.478 e. The van der Waals surface area contributed by atoms with Gasteiger partial charge in [0.25, 0.3) is 0 Å². The van der Waals surface area contributed by atoms with Gasteiger partial charge in [0.15, 0.2) is 0 Å². The molecule has 3 rings (SSSR count). The van der Waals surface area contributed by atoms with E-state index < -0.39 is 5.97 Å². The van der Waals surface area contributed by atoms with Crippen molar-refractivity contribution >= 4 is 16.9 Å². The second-order valence-corrected chi connectivity index (χ2v) is 4.93. The zero-order valence-electron chi connectivity index (χ0n) is 11.2. The third kappa shape index (κ3) is 1.85. The van der Waals surface area contributed by atoms with Crippen LogP contribution in [-0.4, -0.2) is 31.1 Å². The standard InChI is InChI=1S/C14H14N4O2/c1-8(2)18-13-4-9(10-5-15-16-6-10)3-11(14(19)20)12(13)7-17-18/h3-8H,1-2H3,(H,15,16)(H,19,20). The van der Waals surface area contributed by atoms with Gasteiger partial charge in [0.1, 0.15) is 0 Å². The van der Waals surface area contributed by atoms with Crippen LogP contribution in [0.15, 0.2) is 30.7 Å². The summed E-state index contributed by atoms with van der Waals surface area (Å²) in [6.45, 7) is 4.02. The highest BCUT2D eigenvalue weighted by Gasteiger charge is 2.16. The highest BCUT2D eigenvalue weighted by molar-refractivity contribution is 6.04. The summed E-state index contributed by atoms with van der Waals surface area (Å²) in [5.74, 6) is -0.955. The van der Waals surface area contributed by atoms with Crippen molar-refractivity contribution in [2.45, 2.75) is 19.9 Å². The quantitative estimate of drug-likeness (QED) is 0.766. The minimum atomic E-state index is -0.955. The number of aromatic nitrogens is 4. The monoisotopic (exact) mass is 270 g/mol. The number of hydrogen-bond donors (Lipinski definition) is 2. The molecule has 0 saturated carbocycles. The molecule has 0 aliphatic rings. The highest BCUT2D eigenvalue weighted by atomic mass is 16.4. The Bertz CT molecular complexity index is 772. The van der Waals surface area contributed by atoms with Crippen LogP contribution in [0.4, 0.5) is 0 Å². The van der Waals surface area contributed by atoms with E-state index in [0.717, 1.165) is 16.6 Å². The molecule has 2 heterocycles. The summed E-state index contributed by atoms with van der Waals surface area (Å²) in [5, 5.41) is 21.0. The summed E-state index contributed by atoms with van der Waals surface area (Å²) >= 11 is 0. The predicted octanol–water partition coefficient (Wildman–Crippen LogP) is 2.71. The highest BCUT2D eigenvalue weighted by Crippen LogP contribution is 2.28. The van der Waals surface area contributed by atoms with Gasteiger partial charge in [0.05, 0.1) is 23.5 Å². The second kappa shape index (κ2) is 4.48. The summed E-state index contributed by atoms with van der Waals surface area (Å²) in [7, 11) is 0. The third-order valence-corrected chi connectivity index (χ3v) is 3.27. The van der Waals surface area contributed by atoms with E-state index in [2.05, 4.69) is 15.3 Å². The Morgan fingerprint density at radius 3 is 2.70 bits per heavy atom. The molecule has 0 bridgehead atoms. The molecule has 2 N–H and O–H groups in total. The zero-order valence-corrected chi connectivity index (χ0v) is 11.2. The molecule has 0 saturated heterocycles. The Morgan fingerprint density at radius 2 is 2.10 bits per heavy atom. The average Bonchev–Trinajstić information content (AvgIpc) is 3.06. The molecule has 0 spiro atoms. The number of nitrogens with one attached hydrogen (secondary N) is 1. The van der Waals surface area contributed by atoms with Crippen molar-refractivity contribution in [3.63, 3.8) is 0 Å². The van der Waals surface area contributed by atoms with Crippen LogP contribution in [-0.2, 0) is 0 Å². The second-order valence-electron chi connectivity index (χ2n) is 4.93. The van der Waals surface area contributed by atoms with Crippen molar-refractivity contribution in [1.82, 2.24) is 20.0 Å². The maximum absolute atomic E-state index is 11.5. The summed E-state index contributed by atoms with van der Waals surface area (Å²) in [6, 6.07) is 3.76. The van der Waals surface area contributed by atoms with E-state index in [1.54, 1.807) is 24.7 Å². The summed E-state index contributed by atoms with van der Waals surface area (Å²) in [4.78, 5) is 11.5. The molecule has 0 aliphatic carbocycles. The molecule has 6 nitrogen and oxygen atoms in total. The van der Waals surface area contributed by atoms with Crippen LogP contribution in [0.2, 0.25) is 0 Å². The Balaban J connectivity index is 2.33. The van der Waals surface area contributed by atoms with E-state index >= 15 is 0 Å². The SMILES string of the molecule is CC(C)n1ncc2c(C(=O)O)cc(-c3cn[nH]c3)cc21. The van der Waals surface area contributed by atoms with E-state index in [9.17, 15) is 9.90 Å². The first-order chi connectivity index (χ1) is 9.58. The lowest BCUT2D eigenvalue weighted by Crippen LogP contribution is -2.03. The van der Waals surface area contributed by atoms with E-state index in [4.69, 9.17) is 0 Å². The molecular weight excluding hydrogens is 256 g/mol. The van der Waals surface area contributed by atoms with Crippen LogP contribution >= 0.6 is 0 Å². The maximum atomic E-state index is 11.5. The third-order valence-electron chi connectivity index (χ3n) is 3.27. The van der Waals surface area contributed by atoms with Gasteiger partial charge in [0.2, 0.25) is 0 Å². The lowest BCUT2D eigenvalue weighted by atomic mass is 10.0. The van der Waals surface area contributed by atoms with Gasteiger partial charge in [-0.15, -0.1) is 0 Å². The van der Waals surface area contributed by atoms with E-state index in [1.807, 2.05) is 24.6 Å². The number of aromatic amines is 1. The molecule has 102 valence electrons. The van der Waals surface area contributed by atoms with Crippen molar-refractivity contribution in [2.24, 2.45) is 0 Å². The molecule has 6 heteroatoms. The smallest absolute Gasteiger partial charge is 0.336 e. The predicted molar refractivity (Wildman–Crippen MR) is 74.7 cm³/mol. The average molecular weight is 270 g/mol. The van der Waals surface area contributed by atoms with E-state index in [1.165, 1.54) is 0 Å². The molecule has 1 aromatic carbocycles. The number of fused-ring (bicyclic) bond motifs is 1. The zero-order chi connectivity index (χ0) is 14.3. The van der Waals surface area contributed by atoms with Crippen LogP contribution in [0.3, 0.4) is 0 Å². The fourth-order valence-electron chi connectivity index (χ4n) is 2.31. The van der Waals surface area contributed by atoms with Crippen LogP contribution in [0.25, 0.3) is 22.0 Å². The fraction of sp³-hybridized carbons (Fsp3) is 0.214. The van der Waals surface area contributed by atoms with Crippen LogP contribution in [0.5, 0.6) is 0 Å². The molecule has 0 atom stereocenters. The summed E-state index contributed by atoms with van der Waals surface area (Å²) in [6.07, 6.45) is 5.02. The fourth-order valence-corrected chi connectivity index (χ4v) is 2.31. The number of aromatic carboxylic acids is 1. The summed E-state index contributed by atoms with van der Waals surface area (Å²) < 4.78 is 1.82. The molecule has 20 heavy (non-hydrogen) atoms. The van der Waals surface area contributed by atoms with Crippen molar-refractivity contribution < 1.29 is 9.90 Å². The molecule has 0 unspecified atom stereocenters. The first-order valence-corrected chi connectivity index (χ1v) is 6.31. The Hall–Kier alpha value is -2.63. The normalized spacial score (nSPS) is 11.3. The number of benzene rings is 1. The number of carboxylic acids is 1. The first-order valence-electron chi connectivity index (χ1n) is 6.31. The van der Waals surface area contributed by atoms with E-state index in [0.29, 0.717) is 5.39 Å². The van der Waals surface area contributed by atoms with Gasteiger partial charge < -0.3 is 5.11 Å². The van der Waals surface area contributed by atoms with E-state index in [-0.39, 0.29) is 11.6 Å². The number of H-pyrrole nitrogens is 1. The van der Waals surface area contributed by atoms with Gasteiger partial charge in [-0.25, -0.2) is 4.79 Å². The van der Waals surface area contributed by atoms with Crippen molar-refractivity contribution in [3.8, 4) is 11.1 Å². The van der Waals surface area contributed by atoms with Gasteiger partial charge in [0, 0.05) is 23.2 Å².